The molecular weight excluding hydrogens is 320 g/mol. The smallest absolute Gasteiger partial charge is 0.261 e. The number of nitrogens with zero attached hydrogens (tertiary/aromatic N) is 3. The molecule has 2 aromatic rings. The molecule has 3 rings (SSSR count). The van der Waals surface area contributed by atoms with E-state index in [1.54, 1.807) is 0 Å². The van der Waals surface area contributed by atoms with Crippen molar-refractivity contribution in [2.75, 3.05) is 19.8 Å². The van der Waals surface area contributed by atoms with E-state index in [-0.39, 0.29) is 18.6 Å². The molecule has 0 unspecified atom stereocenters. The lowest BCUT2D eigenvalue weighted by atomic mass is 10.0. The molecule has 1 amide bonds. The number of carbonyl (C=O) groups excluding carboxylic acids is 1. The van der Waals surface area contributed by atoms with Gasteiger partial charge in [0.25, 0.3) is 5.91 Å². The van der Waals surface area contributed by atoms with Crippen LogP contribution in [0.1, 0.15) is 43.9 Å². The molecule has 1 aliphatic rings. The lowest BCUT2D eigenvalue weighted by Gasteiger charge is -2.34. The van der Waals surface area contributed by atoms with E-state index in [9.17, 15) is 4.79 Å². The van der Waals surface area contributed by atoms with Gasteiger partial charge in [0.05, 0.1) is 12.6 Å². The number of hydrogen-bond acceptors (Lipinski definition) is 5. The van der Waals surface area contributed by atoms with Crippen molar-refractivity contribution < 1.29 is 14.3 Å². The molecule has 7 heteroatoms. The molecule has 0 aliphatic carbocycles. The van der Waals surface area contributed by atoms with Gasteiger partial charge in [-0.25, -0.2) is 4.98 Å². The number of nitrogens with one attached hydrogen (secondary N) is 1. The van der Waals surface area contributed by atoms with Crippen LogP contribution in [0.25, 0.3) is 0 Å². The fraction of sp³-hybridized carbons (Fsp3) is 0.500. The summed E-state index contributed by atoms with van der Waals surface area (Å²) < 4.78 is 11.3. The number of hydrogen-bond donors (Lipinski definition) is 1. The topological polar surface area (TPSA) is 80.3 Å². The number of amides is 1. The van der Waals surface area contributed by atoms with Crippen molar-refractivity contribution in [3.63, 3.8) is 0 Å². The minimum absolute atomic E-state index is 0.0238. The number of aromatic amines is 1. The summed E-state index contributed by atoms with van der Waals surface area (Å²) in [7, 11) is 0. The van der Waals surface area contributed by atoms with E-state index in [1.807, 2.05) is 43.0 Å². The zero-order valence-electron chi connectivity index (χ0n) is 14.7. The molecule has 2 heterocycles. The SMILES string of the molecule is CCOc1ccccc1OCC(=O)N1CCCC[C@H]1c1n[nH]c(C)n1. The monoisotopic (exact) mass is 344 g/mol. The largest absolute Gasteiger partial charge is 0.490 e. The van der Waals surface area contributed by atoms with Gasteiger partial charge >= 0.3 is 0 Å². The maximum absolute atomic E-state index is 12.7. The number of H-pyrrole nitrogens is 1. The Hall–Kier alpha value is -2.57. The summed E-state index contributed by atoms with van der Waals surface area (Å²) in [4.78, 5) is 19.0. The standard InChI is InChI=1S/C18H24N4O3/c1-3-24-15-9-4-5-10-16(15)25-12-17(23)22-11-7-6-8-14(22)18-19-13(2)20-21-18/h4-5,9-10,14H,3,6-8,11-12H2,1-2H3,(H,19,20,21)/t14-/m0/s1. The summed E-state index contributed by atoms with van der Waals surface area (Å²) in [5.41, 5.74) is 0. The highest BCUT2D eigenvalue weighted by Crippen LogP contribution is 2.30. The number of likely N-dealkylation sites (tertiary alicyclic amines) is 1. The number of para-hydroxylation sites is 2. The summed E-state index contributed by atoms with van der Waals surface area (Å²) >= 11 is 0. The molecule has 0 spiro atoms. The third kappa shape index (κ3) is 4.10. The van der Waals surface area contributed by atoms with Crippen LogP contribution in [0.4, 0.5) is 0 Å². The Bertz CT molecular complexity index is 716. The van der Waals surface area contributed by atoms with Gasteiger partial charge in [0, 0.05) is 6.54 Å². The van der Waals surface area contributed by atoms with Crippen LogP contribution in [0.5, 0.6) is 11.5 Å². The van der Waals surface area contributed by atoms with Crippen LogP contribution in [0.3, 0.4) is 0 Å². The number of aryl methyl sites for hydroxylation is 1. The van der Waals surface area contributed by atoms with Crippen molar-refractivity contribution in [3.05, 3.63) is 35.9 Å². The van der Waals surface area contributed by atoms with Crippen LogP contribution in [-0.4, -0.2) is 45.7 Å². The molecule has 7 nitrogen and oxygen atoms in total. The average Bonchev–Trinajstić information content (AvgIpc) is 3.07. The van der Waals surface area contributed by atoms with Gasteiger partial charge in [-0.1, -0.05) is 12.1 Å². The zero-order chi connectivity index (χ0) is 17.6. The molecule has 1 aromatic heterocycles. The molecule has 1 N–H and O–H groups in total. The fourth-order valence-electron chi connectivity index (χ4n) is 3.07. The van der Waals surface area contributed by atoms with Crippen molar-refractivity contribution in [1.29, 1.82) is 0 Å². The highest BCUT2D eigenvalue weighted by atomic mass is 16.5. The highest BCUT2D eigenvalue weighted by Gasteiger charge is 2.30. The van der Waals surface area contributed by atoms with Crippen LogP contribution in [0, 0.1) is 6.92 Å². The van der Waals surface area contributed by atoms with Gasteiger partial charge in [-0.05, 0) is 45.2 Å². The highest BCUT2D eigenvalue weighted by molar-refractivity contribution is 5.78. The van der Waals surface area contributed by atoms with Crippen molar-refractivity contribution in [2.24, 2.45) is 0 Å². The Kier molecular flexibility index (Phi) is 5.53. The molecule has 134 valence electrons. The van der Waals surface area contributed by atoms with E-state index in [4.69, 9.17) is 9.47 Å². The van der Waals surface area contributed by atoms with E-state index in [0.717, 1.165) is 25.1 Å². The van der Waals surface area contributed by atoms with E-state index >= 15 is 0 Å². The molecular formula is C18H24N4O3. The quantitative estimate of drug-likeness (QED) is 0.871. The van der Waals surface area contributed by atoms with Gasteiger partial charge in [0.15, 0.2) is 23.9 Å². The Balaban J connectivity index is 1.67. The first-order valence-corrected chi connectivity index (χ1v) is 8.72. The van der Waals surface area contributed by atoms with Gasteiger partial charge in [-0.2, -0.15) is 5.10 Å². The van der Waals surface area contributed by atoms with Gasteiger partial charge in [0.1, 0.15) is 5.82 Å². The second-order valence-corrected chi connectivity index (χ2v) is 6.05. The Morgan fingerprint density at radius 1 is 1.28 bits per heavy atom. The minimum atomic E-state index is -0.0862. The van der Waals surface area contributed by atoms with Crippen LogP contribution in [-0.2, 0) is 4.79 Å². The molecule has 0 bridgehead atoms. The van der Waals surface area contributed by atoms with E-state index < -0.39 is 0 Å². The van der Waals surface area contributed by atoms with Crippen LogP contribution in [0.15, 0.2) is 24.3 Å². The molecule has 1 saturated heterocycles. The van der Waals surface area contributed by atoms with Crippen molar-refractivity contribution in [2.45, 2.75) is 39.2 Å². The molecule has 1 fully saturated rings. The number of ether oxygens (including phenoxy) is 2. The normalized spacial score (nSPS) is 17.4. The molecule has 25 heavy (non-hydrogen) atoms. The summed E-state index contributed by atoms with van der Waals surface area (Å²) in [6, 6.07) is 7.31. The first kappa shape index (κ1) is 17.3. The van der Waals surface area contributed by atoms with E-state index in [0.29, 0.717) is 30.5 Å². The second-order valence-electron chi connectivity index (χ2n) is 6.05. The summed E-state index contributed by atoms with van der Waals surface area (Å²) in [5, 5.41) is 7.10. The fourth-order valence-corrected chi connectivity index (χ4v) is 3.07. The average molecular weight is 344 g/mol. The first-order chi connectivity index (χ1) is 12.2. The molecule has 1 aromatic carbocycles. The predicted octanol–water partition coefficient (Wildman–Crippen LogP) is 2.64. The third-order valence-corrected chi connectivity index (χ3v) is 4.24. The maximum Gasteiger partial charge on any atom is 0.261 e. The number of benzene rings is 1. The summed E-state index contributed by atoms with van der Waals surface area (Å²) in [5.74, 6) is 2.62. The van der Waals surface area contributed by atoms with E-state index in [2.05, 4.69) is 15.2 Å². The Morgan fingerprint density at radius 2 is 2.04 bits per heavy atom. The van der Waals surface area contributed by atoms with E-state index in [1.165, 1.54) is 0 Å². The molecule has 0 saturated carbocycles. The number of aromatic nitrogens is 3. The maximum atomic E-state index is 12.7. The van der Waals surface area contributed by atoms with Crippen molar-refractivity contribution in [1.82, 2.24) is 20.1 Å². The third-order valence-electron chi connectivity index (χ3n) is 4.24. The molecule has 1 aliphatic heterocycles. The van der Waals surface area contributed by atoms with Crippen molar-refractivity contribution in [3.8, 4) is 11.5 Å². The number of carbonyl (C=O) groups is 1. The van der Waals surface area contributed by atoms with Gasteiger partial charge in [-0.3, -0.25) is 9.89 Å². The minimum Gasteiger partial charge on any atom is -0.490 e. The zero-order valence-corrected chi connectivity index (χ0v) is 14.7. The number of rotatable bonds is 6. The van der Waals surface area contributed by atoms with Crippen LogP contribution >= 0.6 is 0 Å². The Labute approximate surface area is 147 Å². The van der Waals surface area contributed by atoms with Crippen molar-refractivity contribution >= 4 is 5.91 Å². The van der Waals surface area contributed by atoms with Gasteiger partial charge < -0.3 is 14.4 Å². The number of piperidine rings is 1. The van der Waals surface area contributed by atoms with Crippen LogP contribution in [0.2, 0.25) is 0 Å². The molecule has 1 atom stereocenters. The predicted molar refractivity (Wildman–Crippen MR) is 92.5 cm³/mol. The Morgan fingerprint density at radius 3 is 2.72 bits per heavy atom. The second kappa shape index (κ2) is 8.00. The van der Waals surface area contributed by atoms with Gasteiger partial charge in [0.2, 0.25) is 0 Å². The first-order valence-electron chi connectivity index (χ1n) is 8.72. The summed E-state index contributed by atoms with van der Waals surface area (Å²) in [6.45, 7) is 5.00. The molecule has 0 radical (unpaired) electrons. The summed E-state index contributed by atoms with van der Waals surface area (Å²) in [6.07, 6.45) is 2.93. The lowest BCUT2D eigenvalue weighted by molar-refractivity contribution is -0.137. The van der Waals surface area contributed by atoms with Gasteiger partial charge in [-0.15, -0.1) is 0 Å². The lowest BCUT2D eigenvalue weighted by Crippen LogP contribution is -2.41. The van der Waals surface area contributed by atoms with Crippen LogP contribution < -0.4 is 9.47 Å².